The van der Waals surface area contributed by atoms with Crippen LogP contribution in [0.1, 0.15) is 26.2 Å². The number of nitrogens with two attached hydrogens (primary N) is 1. The molecule has 1 aliphatic carbocycles. The van der Waals surface area contributed by atoms with Gasteiger partial charge in [-0.05, 0) is 19.8 Å². The predicted octanol–water partition coefficient (Wildman–Crippen LogP) is -0.420. The second-order valence-electron chi connectivity index (χ2n) is 3.57. The Morgan fingerprint density at radius 2 is 2.14 bits per heavy atom. The third kappa shape index (κ3) is 2.68. The minimum Gasteiger partial charge on any atom is -0.327 e. The highest BCUT2D eigenvalue weighted by Crippen LogP contribution is 2.24. The van der Waals surface area contributed by atoms with Gasteiger partial charge in [0.25, 0.3) is 0 Å². The summed E-state index contributed by atoms with van der Waals surface area (Å²) >= 11 is 0. The third-order valence-corrected chi connectivity index (χ3v) is 3.81. The second kappa shape index (κ2) is 4.27. The van der Waals surface area contributed by atoms with Gasteiger partial charge in [-0.25, -0.2) is 8.42 Å². The summed E-state index contributed by atoms with van der Waals surface area (Å²) in [7, 11) is -3.43. The maximum Gasteiger partial charge on any atom is 0.238 e. The Kier molecular flexibility index (Phi) is 3.49. The van der Waals surface area contributed by atoms with Crippen molar-refractivity contribution in [1.29, 1.82) is 0 Å². The van der Waals surface area contributed by atoms with Crippen molar-refractivity contribution >= 4 is 15.9 Å². The topological polar surface area (TPSA) is 89.3 Å². The molecule has 0 unspecified atom stereocenters. The maximum absolute atomic E-state index is 11.5. The van der Waals surface area contributed by atoms with E-state index in [9.17, 15) is 13.2 Å². The zero-order chi connectivity index (χ0) is 10.8. The number of hydrogen-bond acceptors (Lipinski definition) is 4. The summed E-state index contributed by atoms with van der Waals surface area (Å²) in [4.78, 5) is 11.5. The molecule has 3 N–H and O–H groups in total. The molecule has 1 rings (SSSR count). The van der Waals surface area contributed by atoms with Crippen LogP contribution in [0, 0.1) is 5.92 Å². The number of nitrogens with one attached hydrogen (secondary N) is 1. The van der Waals surface area contributed by atoms with Crippen molar-refractivity contribution in [3.8, 4) is 0 Å². The van der Waals surface area contributed by atoms with Crippen molar-refractivity contribution in [3.05, 3.63) is 0 Å². The van der Waals surface area contributed by atoms with Gasteiger partial charge in [-0.15, -0.1) is 0 Å². The highest BCUT2D eigenvalue weighted by molar-refractivity contribution is 7.90. The van der Waals surface area contributed by atoms with E-state index in [1.807, 2.05) is 4.72 Å². The Morgan fingerprint density at radius 1 is 1.50 bits per heavy atom. The van der Waals surface area contributed by atoms with Gasteiger partial charge in [0.2, 0.25) is 15.9 Å². The summed E-state index contributed by atoms with van der Waals surface area (Å²) in [6, 6.07) is -0.193. The van der Waals surface area contributed by atoms with Crippen LogP contribution < -0.4 is 10.5 Å². The van der Waals surface area contributed by atoms with Crippen molar-refractivity contribution in [1.82, 2.24) is 4.72 Å². The van der Waals surface area contributed by atoms with Crippen LogP contribution in [0.15, 0.2) is 0 Å². The molecule has 1 aliphatic rings. The van der Waals surface area contributed by atoms with Gasteiger partial charge in [0, 0.05) is 6.04 Å². The summed E-state index contributed by atoms with van der Waals surface area (Å²) in [5.74, 6) is -0.867. The van der Waals surface area contributed by atoms with Crippen LogP contribution in [0.5, 0.6) is 0 Å². The molecule has 6 heteroatoms. The van der Waals surface area contributed by atoms with Crippen molar-refractivity contribution in [2.75, 3.05) is 5.75 Å². The fourth-order valence-corrected chi connectivity index (χ4v) is 2.22. The fourth-order valence-electron chi connectivity index (χ4n) is 1.62. The van der Waals surface area contributed by atoms with Crippen LogP contribution in [0.2, 0.25) is 0 Å². The Labute approximate surface area is 84.1 Å². The molecule has 1 amide bonds. The van der Waals surface area contributed by atoms with E-state index in [1.54, 1.807) is 0 Å². The molecular weight excluding hydrogens is 204 g/mol. The van der Waals surface area contributed by atoms with E-state index in [1.165, 1.54) is 6.92 Å². The number of rotatable bonds is 3. The SMILES string of the molecule is CCS(=O)(=O)NC(=O)[C@@H]1CCC[C@@H]1N. The Morgan fingerprint density at radius 3 is 2.57 bits per heavy atom. The van der Waals surface area contributed by atoms with Crippen LogP contribution >= 0.6 is 0 Å². The normalized spacial score (nSPS) is 27.6. The maximum atomic E-state index is 11.5. The van der Waals surface area contributed by atoms with Crippen LogP contribution in [-0.4, -0.2) is 26.1 Å². The van der Waals surface area contributed by atoms with E-state index in [0.29, 0.717) is 6.42 Å². The summed E-state index contributed by atoms with van der Waals surface area (Å²) in [6.45, 7) is 1.49. The number of amides is 1. The van der Waals surface area contributed by atoms with Crippen molar-refractivity contribution in [2.24, 2.45) is 11.7 Å². The standard InChI is InChI=1S/C8H16N2O3S/c1-2-14(12,13)10-8(11)6-4-3-5-7(6)9/h6-7H,2-5,9H2,1H3,(H,10,11)/t6-,7+/m1/s1. The molecule has 14 heavy (non-hydrogen) atoms. The molecule has 0 aromatic rings. The van der Waals surface area contributed by atoms with Gasteiger partial charge in [-0.2, -0.15) is 0 Å². The highest BCUT2D eigenvalue weighted by atomic mass is 32.2. The summed E-state index contributed by atoms with van der Waals surface area (Å²) in [5.41, 5.74) is 5.68. The van der Waals surface area contributed by atoms with Gasteiger partial charge >= 0.3 is 0 Å². The van der Waals surface area contributed by atoms with Gasteiger partial charge in [0.1, 0.15) is 0 Å². The first-order valence-electron chi connectivity index (χ1n) is 4.76. The summed E-state index contributed by atoms with van der Waals surface area (Å²) in [5, 5.41) is 0. The lowest BCUT2D eigenvalue weighted by Gasteiger charge is -2.14. The van der Waals surface area contributed by atoms with Gasteiger partial charge in [-0.3, -0.25) is 9.52 Å². The molecule has 0 heterocycles. The quantitative estimate of drug-likeness (QED) is 0.676. The van der Waals surface area contributed by atoms with Crippen LogP contribution in [0.25, 0.3) is 0 Å². The van der Waals surface area contributed by atoms with Crippen molar-refractivity contribution in [3.63, 3.8) is 0 Å². The molecule has 0 aromatic heterocycles. The van der Waals surface area contributed by atoms with E-state index in [4.69, 9.17) is 5.73 Å². The predicted molar refractivity (Wildman–Crippen MR) is 52.9 cm³/mol. The minimum atomic E-state index is -3.43. The Balaban J connectivity index is 2.58. The Bertz CT molecular complexity index is 313. The zero-order valence-electron chi connectivity index (χ0n) is 8.19. The van der Waals surface area contributed by atoms with Crippen LogP contribution in [-0.2, 0) is 14.8 Å². The molecule has 0 spiro atoms. The molecule has 0 saturated heterocycles. The molecule has 0 bridgehead atoms. The van der Waals surface area contributed by atoms with E-state index < -0.39 is 15.9 Å². The van der Waals surface area contributed by atoms with E-state index in [2.05, 4.69) is 0 Å². The second-order valence-corrected chi connectivity index (χ2v) is 5.58. The first-order chi connectivity index (χ1) is 6.46. The lowest BCUT2D eigenvalue weighted by atomic mass is 10.0. The molecule has 1 fully saturated rings. The number of carbonyl (C=O) groups is 1. The minimum absolute atomic E-state index is 0.0826. The lowest BCUT2D eigenvalue weighted by Crippen LogP contribution is -2.41. The van der Waals surface area contributed by atoms with Gasteiger partial charge in [0.15, 0.2) is 0 Å². The van der Waals surface area contributed by atoms with E-state index in [-0.39, 0.29) is 17.7 Å². The average Bonchev–Trinajstić information content (AvgIpc) is 2.51. The molecule has 0 aliphatic heterocycles. The molecule has 0 aromatic carbocycles. The fraction of sp³-hybridized carbons (Fsp3) is 0.875. The molecule has 0 radical (unpaired) electrons. The van der Waals surface area contributed by atoms with E-state index in [0.717, 1.165) is 12.8 Å². The van der Waals surface area contributed by atoms with E-state index >= 15 is 0 Å². The molecular formula is C8H16N2O3S. The number of carbonyl (C=O) groups excluding carboxylic acids is 1. The van der Waals surface area contributed by atoms with Gasteiger partial charge in [0.05, 0.1) is 11.7 Å². The monoisotopic (exact) mass is 220 g/mol. The number of hydrogen-bond donors (Lipinski definition) is 2. The number of sulfonamides is 1. The summed E-state index contributed by atoms with van der Waals surface area (Å²) < 4.78 is 24.2. The first kappa shape index (κ1) is 11.5. The largest absolute Gasteiger partial charge is 0.327 e. The van der Waals surface area contributed by atoms with Crippen LogP contribution in [0.4, 0.5) is 0 Å². The van der Waals surface area contributed by atoms with Crippen molar-refractivity contribution in [2.45, 2.75) is 32.2 Å². The zero-order valence-corrected chi connectivity index (χ0v) is 9.01. The average molecular weight is 220 g/mol. The van der Waals surface area contributed by atoms with Gasteiger partial charge < -0.3 is 5.73 Å². The molecule has 5 nitrogen and oxygen atoms in total. The summed E-state index contributed by atoms with van der Waals surface area (Å²) in [6.07, 6.45) is 2.38. The Hall–Kier alpha value is -0.620. The van der Waals surface area contributed by atoms with Gasteiger partial charge in [-0.1, -0.05) is 6.42 Å². The molecule has 2 atom stereocenters. The van der Waals surface area contributed by atoms with Crippen LogP contribution in [0.3, 0.4) is 0 Å². The molecule has 82 valence electrons. The smallest absolute Gasteiger partial charge is 0.238 e. The first-order valence-corrected chi connectivity index (χ1v) is 6.41. The van der Waals surface area contributed by atoms with Crippen molar-refractivity contribution < 1.29 is 13.2 Å². The lowest BCUT2D eigenvalue weighted by molar-refractivity contribution is -0.123. The highest BCUT2D eigenvalue weighted by Gasteiger charge is 2.31. The third-order valence-electron chi connectivity index (χ3n) is 2.54. The molecule has 1 saturated carbocycles.